The van der Waals surface area contributed by atoms with Gasteiger partial charge in [0.25, 0.3) is 0 Å². The van der Waals surface area contributed by atoms with Crippen molar-refractivity contribution < 1.29 is 22.8 Å². The second-order valence-electron chi connectivity index (χ2n) is 9.81. The van der Waals surface area contributed by atoms with Crippen LogP contribution in [0.2, 0.25) is 10.0 Å². The topological polar surface area (TPSA) is 104 Å². The number of nitrogens with one attached hydrogen (secondary N) is 1. The first-order chi connectivity index (χ1) is 17.0. The van der Waals surface area contributed by atoms with E-state index in [1.807, 2.05) is 20.8 Å². The van der Waals surface area contributed by atoms with Crippen LogP contribution in [0.15, 0.2) is 42.5 Å². The van der Waals surface area contributed by atoms with E-state index >= 15 is 0 Å². The predicted octanol–water partition coefficient (Wildman–Crippen LogP) is 4.68. The highest BCUT2D eigenvalue weighted by Gasteiger charge is 2.33. The van der Waals surface area contributed by atoms with Gasteiger partial charge in [-0.3, -0.25) is 18.7 Å². The molecule has 0 unspecified atom stereocenters. The molecule has 1 atom stereocenters. The van der Waals surface area contributed by atoms with Gasteiger partial charge in [-0.15, -0.1) is 0 Å². The Kier molecular flexibility index (Phi) is 10.2. The van der Waals surface area contributed by atoms with Crippen LogP contribution in [0.5, 0.6) is 0 Å². The number of benzene rings is 2. The quantitative estimate of drug-likeness (QED) is 0.418. The van der Waals surface area contributed by atoms with Crippen LogP contribution in [0.1, 0.15) is 57.0 Å². The number of amides is 2. The van der Waals surface area contributed by atoms with Crippen LogP contribution in [0, 0.1) is 0 Å². The molecule has 0 saturated heterocycles. The van der Waals surface area contributed by atoms with Gasteiger partial charge in [0.15, 0.2) is 5.78 Å². The van der Waals surface area contributed by atoms with Gasteiger partial charge in [0.2, 0.25) is 21.8 Å². The van der Waals surface area contributed by atoms with Crippen molar-refractivity contribution in [2.24, 2.45) is 0 Å². The van der Waals surface area contributed by atoms with E-state index in [0.717, 1.165) is 10.6 Å². The molecule has 0 spiro atoms. The number of carbonyl (C=O) groups is 3. The molecular weight excluding hydrogens is 537 g/mol. The third-order valence-electron chi connectivity index (χ3n) is 5.44. The van der Waals surface area contributed by atoms with Gasteiger partial charge in [-0.2, -0.15) is 0 Å². The number of halogens is 2. The fourth-order valence-corrected chi connectivity index (χ4v) is 4.86. The number of anilines is 1. The zero-order chi connectivity index (χ0) is 28.1. The summed E-state index contributed by atoms with van der Waals surface area (Å²) < 4.78 is 26.4. The SMILES string of the molecule is CC[C@H](C(=O)NC(C)(C)C)N(Cc1ccc(Cl)c(Cl)c1)C(=O)CN(c1cccc(C(C)=O)c1)S(C)(=O)=O. The minimum Gasteiger partial charge on any atom is -0.350 e. The van der Waals surface area contributed by atoms with Crippen molar-refractivity contribution in [3.8, 4) is 0 Å². The number of rotatable bonds is 10. The number of hydrogen-bond donors (Lipinski definition) is 1. The number of hydrogen-bond acceptors (Lipinski definition) is 5. The van der Waals surface area contributed by atoms with Gasteiger partial charge in [-0.1, -0.05) is 48.3 Å². The van der Waals surface area contributed by atoms with Gasteiger partial charge >= 0.3 is 0 Å². The molecule has 2 aromatic carbocycles. The molecule has 0 fully saturated rings. The molecule has 37 heavy (non-hydrogen) atoms. The highest BCUT2D eigenvalue weighted by atomic mass is 35.5. The molecule has 2 rings (SSSR count). The van der Waals surface area contributed by atoms with Gasteiger partial charge in [0.05, 0.1) is 22.0 Å². The zero-order valence-electron chi connectivity index (χ0n) is 21.8. The van der Waals surface area contributed by atoms with Crippen LogP contribution in [0.25, 0.3) is 0 Å². The normalized spacial score (nSPS) is 12.5. The van der Waals surface area contributed by atoms with Gasteiger partial charge in [0.1, 0.15) is 12.6 Å². The Hall–Kier alpha value is -2.62. The Morgan fingerprint density at radius 2 is 1.68 bits per heavy atom. The van der Waals surface area contributed by atoms with Crippen molar-refractivity contribution in [1.29, 1.82) is 0 Å². The van der Waals surface area contributed by atoms with E-state index in [-0.39, 0.29) is 35.4 Å². The van der Waals surface area contributed by atoms with Crippen LogP contribution < -0.4 is 9.62 Å². The van der Waals surface area contributed by atoms with E-state index < -0.39 is 34.1 Å². The van der Waals surface area contributed by atoms with Crippen molar-refractivity contribution >= 4 is 56.5 Å². The van der Waals surface area contributed by atoms with Crippen LogP contribution in [-0.4, -0.2) is 55.3 Å². The Morgan fingerprint density at radius 3 is 2.19 bits per heavy atom. The molecule has 0 saturated carbocycles. The lowest BCUT2D eigenvalue weighted by atomic mass is 10.1. The van der Waals surface area contributed by atoms with Crippen LogP contribution >= 0.6 is 23.2 Å². The summed E-state index contributed by atoms with van der Waals surface area (Å²) >= 11 is 12.2. The second-order valence-corrected chi connectivity index (χ2v) is 12.5. The molecule has 0 bridgehead atoms. The first-order valence-corrected chi connectivity index (χ1v) is 14.3. The molecule has 2 amide bonds. The van der Waals surface area contributed by atoms with E-state index in [9.17, 15) is 22.8 Å². The van der Waals surface area contributed by atoms with Crippen molar-refractivity contribution in [2.75, 3.05) is 17.1 Å². The lowest BCUT2D eigenvalue weighted by Crippen LogP contribution is -2.55. The van der Waals surface area contributed by atoms with E-state index in [0.29, 0.717) is 16.1 Å². The largest absolute Gasteiger partial charge is 0.350 e. The monoisotopic (exact) mass is 569 g/mol. The maximum Gasteiger partial charge on any atom is 0.244 e. The van der Waals surface area contributed by atoms with E-state index in [4.69, 9.17) is 23.2 Å². The highest BCUT2D eigenvalue weighted by molar-refractivity contribution is 7.92. The molecule has 2 aromatic rings. The number of Topliss-reactive ketones (excluding diaryl/α,β-unsaturated/α-hetero) is 1. The summed E-state index contributed by atoms with van der Waals surface area (Å²) in [5, 5.41) is 3.53. The van der Waals surface area contributed by atoms with Crippen LogP contribution in [0.3, 0.4) is 0 Å². The number of carbonyl (C=O) groups excluding carboxylic acids is 3. The number of nitrogens with zero attached hydrogens (tertiary/aromatic N) is 2. The molecule has 0 aliphatic rings. The van der Waals surface area contributed by atoms with Gasteiger partial charge in [-0.05, 0) is 63.9 Å². The van der Waals surface area contributed by atoms with Crippen molar-refractivity contribution in [2.45, 2.75) is 59.2 Å². The second kappa shape index (κ2) is 12.3. The number of ketones is 1. The average Bonchev–Trinajstić information content (AvgIpc) is 2.77. The van der Waals surface area contributed by atoms with Gasteiger partial charge in [-0.25, -0.2) is 8.42 Å². The molecule has 0 aliphatic heterocycles. The van der Waals surface area contributed by atoms with Crippen LogP contribution in [-0.2, 0) is 26.2 Å². The summed E-state index contributed by atoms with van der Waals surface area (Å²) in [7, 11) is -3.92. The molecule has 0 aliphatic carbocycles. The molecular formula is C26H33Cl2N3O5S. The maximum atomic E-state index is 13.7. The summed E-state index contributed by atoms with van der Waals surface area (Å²) in [5.74, 6) is -1.21. The summed E-state index contributed by atoms with van der Waals surface area (Å²) in [6.07, 6.45) is 1.27. The minimum atomic E-state index is -3.92. The Balaban J connectivity index is 2.52. The first-order valence-electron chi connectivity index (χ1n) is 11.7. The third-order valence-corrected chi connectivity index (χ3v) is 7.32. The van der Waals surface area contributed by atoms with Crippen molar-refractivity contribution in [3.63, 3.8) is 0 Å². The number of sulfonamides is 1. The molecule has 0 radical (unpaired) electrons. The minimum absolute atomic E-state index is 0.00310. The molecule has 8 nitrogen and oxygen atoms in total. The Morgan fingerprint density at radius 1 is 1.03 bits per heavy atom. The van der Waals surface area contributed by atoms with Gasteiger partial charge < -0.3 is 10.2 Å². The lowest BCUT2D eigenvalue weighted by molar-refractivity contribution is -0.141. The molecule has 1 N–H and O–H groups in total. The third kappa shape index (κ3) is 8.72. The standard InChI is InChI=1S/C26H33Cl2N3O5S/c1-7-23(25(34)29-26(3,4)5)30(15-18-11-12-21(27)22(28)13-18)24(33)16-31(37(6,35)36)20-10-8-9-19(14-20)17(2)32/h8-14,23H,7,15-16H2,1-6H3,(H,29,34)/t23-/m1/s1. The molecule has 0 aromatic heterocycles. The van der Waals surface area contributed by atoms with Crippen LogP contribution in [0.4, 0.5) is 5.69 Å². The fourth-order valence-electron chi connectivity index (χ4n) is 3.70. The lowest BCUT2D eigenvalue weighted by Gasteiger charge is -2.34. The maximum absolute atomic E-state index is 13.7. The highest BCUT2D eigenvalue weighted by Crippen LogP contribution is 2.25. The Labute approximate surface area is 229 Å². The van der Waals surface area contributed by atoms with Crippen molar-refractivity contribution in [3.05, 3.63) is 63.6 Å². The summed E-state index contributed by atoms with van der Waals surface area (Å²) in [4.78, 5) is 40.1. The van der Waals surface area contributed by atoms with E-state index in [1.165, 1.54) is 24.0 Å². The molecule has 202 valence electrons. The first kappa shape index (κ1) is 30.6. The average molecular weight is 571 g/mol. The summed E-state index contributed by atoms with van der Waals surface area (Å²) in [6, 6.07) is 10.0. The predicted molar refractivity (Wildman–Crippen MR) is 148 cm³/mol. The smallest absolute Gasteiger partial charge is 0.244 e. The fraction of sp³-hybridized carbons (Fsp3) is 0.423. The molecule has 0 heterocycles. The van der Waals surface area contributed by atoms with Crippen molar-refractivity contribution in [1.82, 2.24) is 10.2 Å². The van der Waals surface area contributed by atoms with Gasteiger partial charge in [0, 0.05) is 17.6 Å². The molecule has 11 heteroatoms. The summed E-state index contributed by atoms with van der Waals surface area (Å²) in [5.41, 5.74) is 0.552. The Bertz CT molecular complexity index is 1280. The van der Waals surface area contributed by atoms with E-state index in [1.54, 1.807) is 37.3 Å². The van der Waals surface area contributed by atoms with E-state index in [2.05, 4.69) is 5.32 Å². The zero-order valence-corrected chi connectivity index (χ0v) is 24.2. The summed E-state index contributed by atoms with van der Waals surface area (Å²) in [6.45, 7) is 8.06.